The quantitative estimate of drug-likeness (QED) is 0.830. The summed E-state index contributed by atoms with van der Waals surface area (Å²) >= 11 is 12.1. The van der Waals surface area contributed by atoms with Crippen LogP contribution in [-0.4, -0.2) is 35.1 Å². The Balaban J connectivity index is 1.59. The van der Waals surface area contributed by atoms with E-state index in [2.05, 4.69) is 5.16 Å². The Hall–Kier alpha value is -1.76. The van der Waals surface area contributed by atoms with Crippen LogP contribution < -0.4 is 10.5 Å². The molecule has 1 aliphatic rings. The van der Waals surface area contributed by atoms with E-state index in [1.165, 1.54) is 0 Å². The normalized spacial score (nSPS) is 16.5. The van der Waals surface area contributed by atoms with Crippen molar-refractivity contribution in [2.75, 3.05) is 13.1 Å². The van der Waals surface area contributed by atoms with Gasteiger partial charge in [0, 0.05) is 25.2 Å². The van der Waals surface area contributed by atoms with E-state index in [-0.39, 0.29) is 24.2 Å². The first-order valence-electron chi connectivity index (χ1n) is 8.53. The van der Waals surface area contributed by atoms with Crippen LogP contribution in [0.3, 0.4) is 0 Å². The third-order valence-electron chi connectivity index (χ3n) is 4.63. The standard InChI is InChI=1S/C18H21Cl2N3O3/c1-11(21)12-5-7-23(8-6-12)18(24)16-9-13(26-22-16)10-25-17-14(19)3-2-4-15(17)20/h2-4,9,11-12H,5-8,10,21H2,1H3. The molecule has 0 radical (unpaired) electrons. The Bertz CT molecular complexity index is 751. The highest BCUT2D eigenvalue weighted by atomic mass is 35.5. The van der Waals surface area contributed by atoms with E-state index < -0.39 is 0 Å². The zero-order valence-electron chi connectivity index (χ0n) is 14.5. The maximum Gasteiger partial charge on any atom is 0.276 e. The molecule has 1 aliphatic heterocycles. The van der Waals surface area contributed by atoms with E-state index in [0.29, 0.717) is 40.6 Å². The van der Waals surface area contributed by atoms with Gasteiger partial charge < -0.3 is 19.9 Å². The van der Waals surface area contributed by atoms with Crippen molar-refractivity contribution in [1.82, 2.24) is 10.1 Å². The molecule has 140 valence electrons. The summed E-state index contributed by atoms with van der Waals surface area (Å²) in [6.45, 7) is 3.45. The number of carbonyl (C=O) groups is 1. The highest BCUT2D eigenvalue weighted by Gasteiger charge is 2.27. The van der Waals surface area contributed by atoms with Crippen molar-refractivity contribution in [3.05, 3.63) is 45.8 Å². The van der Waals surface area contributed by atoms with E-state index in [1.807, 2.05) is 6.92 Å². The molecular weight excluding hydrogens is 377 g/mol. The fraction of sp³-hybridized carbons (Fsp3) is 0.444. The molecule has 0 bridgehead atoms. The Labute approximate surface area is 162 Å². The molecule has 8 heteroatoms. The molecule has 2 N–H and O–H groups in total. The Morgan fingerprint density at radius 2 is 2.04 bits per heavy atom. The molecule has 26 heavy (non-hydrogen) atoms. The molecule has 0 saturated carbocycles. The summed E-state index contributed by atoms with van der Waals surface area (Å²) in [5.74, 6) is 1.12. The molecule has 1 aromatic carbocycles. The third-order valence-corrected chi connectivity index (χ3v) is 5.22. The largest absolute Gasteiger partial charge is 0.482 e. The second-order valence-electron chi connectivity index (χ2n) is 6.51. The van der Waals surface area contributed by atoms with Gasteiger partial charge in [-0.25, -0.2) is 0 Å². The predicted octanol–water partition coefficient (Wildman–Crippen LogP) is 3.76. The van der Waals surface area contributed by atoms with Crippen molar-refractivity contribution in [2.45, 2.75) is 32.4 Å². The number of rotatable bonds is 5. The van der Waals surface area contributed by atoms with Crippen molar-refractivity contribution in [3.63, 3.8) is 0 Å². The average Bonchev–Trinajstić information content (AvgIpc) is 3.10. The molecule has 1 saturated heterocycles. The first-order valence-corrected chi connectivity index (χ1v) is 9.28. The molecule has 2 aromatic rings. The lowest BCUT2D eigenvalue weighted by molar-refractivity contribution is 0.0670. The highest BCUT2D eigenvalue weighted by Crippen LogP contribution is 2.33. The monoisotopic (exact) mass is 397 g/mol. The molecule has 2 heterocycles. The number of piperidine rings is 1. The van der Waals surface area contributed by atoms with E-state index in [4.69, 9.17) is 38.2 Å². The van der Waals surface area contributed by atoms with Gasteiger partial charge in [-0.05, 0) is 37.8 Å². The minimum Gasteiger partial charge on any atom is -0.482 e. The van der Waals surface area contributed by atoms with Crippen LogP contribution in [0.5, 0.6) is 5.75 Å². The number of nitrogens with two attached hydrogens (primary N) is 1. The number of aromatic nitrogens is 1. The number of benzene rings is 1. The van der Waals surface area contributed by atoms with Gasteiger partial charge in [0.25, 0.3) is 5.91 Å². The van der Waals surface area contributed by atoms with Crippen LogP contribution in [-0.2, 0) is 6.61 Å². The van der Waals surface area contributed by atoms with Gasteiger partial charge in [-0.2, -0.15) is 0 Å². The van der Waals surface area contributed by atoms with Crippen molar-refractivity contribution in [1.29, 1.82) is 0 Å². The van der Waals surface area contributed by atoms with E-state index >= 15 is 0 Å². The third kappa shape index (κ3) is 4.31. The Morgan fingerprint density at radius 3 is 2.65 bits per heavy atom. The lowest BCUT2D eigenvalue weighted by Crippen LogP contribution is -2.42. The van der Waals surface area contributed by atoms with Crippen LogP contribution in [0.2, 0.25) is 10.0 Å². The molecule has 6 nitrogen and oxygen atoms in total. The van der Waals surface area contributed by atoms with Crippen LogP contribution in [0.15, 0.2) is 28.8 Å². The van der Waals surface area contributed by atoms with Gasteiger partial charge in [0.15, 0.2) is 17.2 Å². The predicted molar refractivity (Wildman–Crippen MR) is 99.6 cm³/mol. The van der Waals surface area contributed by atoms with Crippen LogP contribution in [0.1, 0.15) is 36.0 Å². The maximum absolute atomic E-state index is 12.6. The van der Waals surface area contributed by atoms with Gasteiger partial charge >= 0.3 is 0 Å². The molecule has 1 unspecified atom stereocenters. The molecule has 3 rings (SSSR count). The topological polar surface area (TPSA) is 81.6 Å². The number of halogens is 2. The number of carbonyl (C=O) groups excluding carboxylic acids is 1. The summed E-state index contributed by atoms with van der Waals surface area (Å²) < 4.78 is 10.8. The minimum atomic E-state index is -0.140. The smallest absolute Gasteiger partial charge is 0.276 e. The summed E-state index contributed by atoms with van der Waals surface area (Å²) in [6.07, 6.45) is 1.81. The van der Waals surface area contributed by atoms with Gasteiger partial charge in [0.1, 0.15) is 6.61 Å². The SMILES string of the molecule is CC(N)C1CCN(C(=O)c2cc(COc3c(Cl)cccc3Cl)on2)CC1. The number of nitrogens with zero attached hydrogens (tertiary/aromatic N) is 2. The second kappa shape index (κ2) is 8.29. The fourth-order valence-electron chi connectivity index (χ4n) is 3.04. The summed E-state index contributed by atoms with van der Waals surface area (Å²) in [6, 6.07) is 6.84. The zero-order chi connectivity index (χ0) is 18.7. The van der Waals surface area contributed by atoms with Gasteiger partial charge in [-0.3, -0.25) is 4.79 Å². The summed E-state index contributed by atoms with van der Waals surface area (Å²) in [7, 11) is 0. The molecule has 1 amide bonds. The first kappa shape index (κ1) is 19.0. The molecule has 1 aromatic heterocycles. The Kier molecular flexibility index (Phi) is 6.06. The zero-order valence-corrected chi connectivity index (χ0v) is 16.0. The first-order chi connectivity index (χ1) is 12.5. The lowest BCUT2D eigenvalue weighted by Gasteiger charge is -2.33. The van der Waals surface area contributed by atoms with E-state index in [1.54, 1.807) is 29.2 Å². The minimum absolute atomic E-state index is 0.0799. The lowest BCUT2D eigenvalue weighted by atomic mass is 9.91. The average molecular weight is 398 g/mol. The van der Waals surface area contributed by atoms with Crippen LogP contribution >= 0.6 is 23.2 Å². The van der Waals surface area contributed by atoms with E-state index in [9.17, 15) is 4.79 Å². The molecule has 0 aliphatic carbocycles. The number of likely N-dealkylation sites (tertiary alicyclic amines) is 1. The highest BCUT2D eigenvalue weighted by molar-refractivity contribution is 6.37. The van der Waals surface area contributed by atoms with Crippen LogP contribution in [0, 0.1) is 5.92 Å². The van der Waals surface area contributed by atoms with Crippen LogP contribution in [0.25, 0.3) is 0 Å². The molecule has 0 spiro atoms. The van der Waals surface area contributed by atoms with Gasteiger partial charge in [0.05, 0.1) is 10.0 Å². The molecule has 1 atom stereocenters. The van der Waals surface area contributed by atoms with Gasteiger partial charge in [-0.1, -0.05) is 34.4 Å². The van der Waals surface area contributed by atoms with Crippen LogP contribution in [0.4, 0.5) is 0 Å². The number of amides is 1. The number of hydrogen-bond acceptors (Lipinski definition) is 5. The summed E-state index contributed by atoms with van der Waals surface area (Å²) in [5.41, 5.74) is 6.21. The number of hydrogen-bond donors (Lipinski definition) is 1. The molecular formula is C18H21Cl2N3O3. The van der Waals surface area contributed by atoms with Crippen molar-refractivity contribution >= 4 is 29.1 Å². The number of ether oxygens (including phenoxy) is 1. The second-order valence-corrected chi connectivity index (χ2v) is 7.32. The van der Waals surface area contributed by atoms with Gasteiger partial charge in [0.2, 0.25) is 0 Å². The van der Waals surface area contributed by atoms with E-state index in [0.717, 1.165) is 12.8 Å². The van der Waals surface area contributed by atoms with Crippen molar-refractivity contribution in [2.24, 2.45) is 11.7 Å². The summed E-state index contributed by atoms with van der Waals surface area (Å²) in [4.78, 5) is 14.3. The fourth-order valence-corrected chi connectivity index (χ4v) is 3.54. The Morgan fingerprint density at radius 1 is 1.38 bits per heavy atom. The van der Waals surface area contributed by atoms with Crippen molar-refractivity contribution in [3.8, 4) is 5.75 Å². The van der Waals surface area contributed by atoms with Crippen molar-refractivity contribution < 1.29 is 14.1 Å². The maximum atomic E-state index is 12.6. The molecule has 1 fully saturated rings. The van der Waals surface area contributed by atoms with Gasteiger partial charge in [-0.15, -0.1) is 0 Å². The number of para-hydroxylation sites is 1. The summed E-state index contributed by atoms with van der Waals surface area (Å²) in [5, 5.41) is 4.68.